The van der Waals surface area contributed by atoms with Crippen LogP contribution in [0.5, 0.6) is 0 Å². The Hall–Kier alpha value is -0.190. The summed E-state index contributed by atoms with van der Waals surface area (Å²) in [5.41, 5.74) is 0. The van der Waals surface area contributed by atoms with E-state index in [0.717, 1.165) is 34.3 Å². The number of carbonyl (C=O) groups is 1. The second-order valence-corrected chi connectivity index (χ2v) is 7.77. The molecule has 1 nitrogen and oxygen atoms in total. The number of ketones is 1. The highest BCUT2D eigenvalue weighted by molar-refractivity contribution is 9.11. The number of hydrogen-bond donors (Lipinski definition) is 0. The topological polar surface area (TPSA) is 17.1 Å². The fourth-order valence-corrected chi connectivity index (χ4v) is 4.84. The molecule has 0 saturated heterocycles. The lowest BCUT2D eigenvalue weighted by Gasteiger charge is -2.11. The van der Waals surface area contributed by atoms with E-state index in [1.807, 2.05) is 0 Å². The minimum absolute atomic E-state index is 0.204. The minimum atomic E-state index is 0.204. The molecule has 0 radical (unpaired) electrons. The predicted molar refractivity (Wildman–Crippen MR) is 85.0 cm³/mol. The molecule has 1 atom stereocenters. The number of rotatable bonds is 6. The van der Waals surface area contributed by atoms with Crippen molar-refractivity contribution < 1.29 is 4.79 Å². The van der Waals surface area contributed by atoms with Gasteiger partial charge in [0.25, 0.3) is 0 Å². The van der Waals surface area contributed by atoms with Crippen molar-refractivity contribution in [3.63, 3.8) is 0 Å². The molecule has 0 aliphatic rings. The molecular formula is C14H17BrOS2. The van der Waals surface area contributed by atoms with Crippen LogP contribution in [0.25, 0.3) is 10.1 Å². The third-order valence-corrected chi connectivity index (χ3v) is 6.56. The first kappa shape index (κ1) is 14.2. The molecule has 4 heteroatoms. The Morgan fingerprint density at radius 3 is 2.83 bits per heavy atom. The highest BCUT2D eigenvalue weighted by atomic mass is 79.9. The normalized spacial score (nSPS) is 13.1. The number of unbranched alkanes of at least 4 members (excludes halogenated alkanes) is 1. The van der Waals surface area contributed by atoms with Crippen molar-refractivity contribution in [1.29, 1.82) is 0 Å². The van der Waals surface area contributed by atoms with Gasteiger partial charge in [-0.15, -0.1) is 22.7 Å². The third kappa shape index (κ3) is 2.86. The van der Waals surface area contributed by atoms with Gasteiger partial charge in [-0.05, 0) is 34.8 Å². The van der Waals surface area contributed by atoms with E-state index in [1.54, 1.807) is 22.7 Å². The van der Waals surface area contributed by atoms with Crippen LogP contribution in [0.1, 0.15) is 49.2 Å². The molecule has 0 aromatic carbocycles. The van der Waals surface area contributed by atoms with Gasteiger partial charge in [-0.2, -0.15) is 0 Å². The summed E-state index contributed by atoms with van der Waals surface area (Å²) >= 11 is 6.86. The Morgan fingerprint density at radius 1 is 1.44 bits per heavy atom. The van der Waals surface area contributed by atoms with Crippen LogP contribution >= 0.6 is 38.6 Å². The van der Waals surface area contributed by atoms with Crippen LogP contribution in [0, 0.1) is 5.92 Å². The molecule has 0 aliphatic carbocycles. The largest absolute Gasteiger partial charge is 0.293 e. The Morgan fingerprint density at radius 2 is 2.22 bits per heavy atom. The van der Waals surface area contributed by atoms with Crippen LogP contribution in [0.15, 0.2) is 15.2 Å². The van der Waals surface area contributed by atoms with Crippen molar-refractivity contribution in [2.24, 2.45) is 5.92 Å². The molecule has 0 fully saturated rings. The van der Waals surface area contributed by atoms with Crippen molar-refractivity contribution in [3.05, 3.63) is 20.1 Å². The van der Waals surface area contributed by atoms with Crippen molar-refractivity contribution >= 4 is 54.5 Å². The molecule has 0 saturated carbocycles. The maximum atomic E-state index is 12.5. The highest BCUT2D eigenvalue weighted by Gasteiger charge is 2.20. The molecule has 2 aromatic rings. The Labute approximate surface area is 124 Å². The molecule has 0 spiro atoms. The van der Waals surface area contributed by atoms with Crippen LogP contribution in [0.2, 0.25) is 0 Å². The highest BCUT2D eigenvalue weighted by Crippen LogP contribution is 2.38. The standard InChI is InChI=1S/C14H17BrOS2/c1-3-5-6-9(4-2)12(16)11-7-10-8-17-14(15)13(10)18-11/h7-9H,3-6H2,1-2H3. The van der Waals surface area contributed by atoms with E-state index in [1.165, 1.54) is 10.1 Å². The molecule has 0 aliphatic heterocycles. The fraction of sp³-hybridized carbons (Fsp3) is 0.500. The monoisotopic (exact) mass is 344 g/mol. The van der Waals surface area contributed by atoms with Crippen LogP contribution in [-0.4, -0.2) is 5.78 Å². The molecular weight excluding hydrogens is 328 g/mol. The summed E-state index contributed by atoms with van der Waals surface area (Å²) in [5, 5.41) is 3.31. The Kier molecular flexibility index (Phi) is 4.98. The van der Waals surface area contributed by atoms with E-state index in [4.69, 9.17) is 0 Å². The summed E-state index contributed by atoms with van der Waals surface area (Å²) in [6.07, 6.45) is 4.28. The lowest BCUT2D eigenvalue weighted by atomic mass is 9.94. The number of halogens is 1. The first-order valence-electron chi connectivity index (χ1n) is 6.38. The summed E-state index contributed by atoms with van der Waals surface area (Å²) in [6.45, 7) is 4.29. The van der Waals surface area contributed by atoms with E-state index >= 15 is 0 Å². The average Bonchev–Trinajstić information content (AvgIpc) is 2.93. The van der Waals surface area contributed by atoms with Gasteiger partial charge in [-0.1, -0.05) is 26.7 Å². The van der Waals surface area contributed by atoms with E-state index in [0.29, 0.717) is 5.78 Å². The molecule has 0 amide bonds. The molecule has 98 valence electrons. The van der Waals surface area contributed by atoms with Crippen LogP contribution in [-0.2, 0) is 0 Å². The van der Waals surface area contributed by atoms with Crippen LogP contribution in [0.4, 0.5) is 0 Å². The number of hydrogen-bond acceptors (Lipinski definition) is 3. The number of thiophene rings is 2. The zero-order chi connectivity index (χ0) is 13.1. The minimum Gasteiger partial charge on any atom is -0.293 e. The Bertz CT molecular complexity index is 541. The maximum absolute atomic E-state index is 12.5. The molecule has 2 aromatic heterocycles. The lowest BCUT2D eigenvalue weighted by molar-refractivity contribution is 0.0912. The molecule has 0 N–H and O–H groups in total. The summed E-state index contributed by atoms with van der Waals surface area (Å²) in [6, 6.07) is 2.05. The van der Waals surface area contributed by atoms with Crippen molar-refractivity contribution in [2.75, 3.05) is 0 Å². The van der Waals surface area contributed by atoms with Gasteiger partial charge < -0.3 is 0 Å². The number of carbonyl (C=O) groups excluding carboxylic acids is 1. The maximum Gasteiger partial charge on any atom is 0.175 e. The van der Waals surface area contributed by atoms with Gasteiger partial charge in [-0.25, -0.2) is 0 Å². The zero-order valence-electron chi connectivity index (χ0n) is 10.7. The molecule has 1 unspecified atom stereocenters. The fourth-order valence-electron chi connectivity index (χ4n) is 2.11. The van der Waals surface area contributed by atoms with E-state index < -0.39 is 0 Å². The van der Waals surface area contributed by atoms with Gasteiger partial charge in [0, 0.05) is 16.7 Å². The molecule has 2 rings (SSSR count). The van der Waals surface area contributed by atoms with Crippen LogP contribution in [0.3, 0.4) is 0 Å². The predicted octanol–water partition coefficient (Wildman–Crippen LogP) is 6.12. The van der Waals surface area contributed by atoms with E-state index in [9.17, 15) is 4.79 Å². The van der Waals surface area contributed by atoms with E-state index in [-0.39, 0.29) is 5.92 Å². The van der Waals surface area contributed by atoms with Gasteiger partial charge in [0.05, 0.1) is 13.4 Å². The van der Waals surface area contributed by atoms with Crippen molar-refractivity contribution in [2.45, 2.75) is 39.5 Å². The smallest absolute Gasteiger partial charge is 0.175 e. The van der Waals surface area contributed by atoms with Crippen molar-refractivity contribution in [1.82, 2.24) is 0 Å². The van der Waals surface area contributed by atoms with Gasteiger partial charge >= 0.3 is 0 Å². The summed E-state index contributed by atoms with van der Waals surface area (Å²) in [5.74, 6) is 0.541. The Balaban J connectivity index is 2.20. The van der Waals surface area contributed by atoms with Gasteiger partial charge in [0.15, 0.2) is 5.78 Å². The van der Waals surface area contributed by atoms with Crippen molar-refractivity contribution in [3.8, 4) is 0 Å². The first-order chi connectivity index (χ1) is 8.67. The second-order valence-electron chi connectivity index (χ2n) is 4.52. The average molecular weight is 345 g/mol. The molecule has 0 bridgehead atoms. The summed E-state index contributed by atoms with van der Waals surface area (Å²) in [7, 11) is 0. The summed E-state index contributed by atoms with van der Waals surface area (Å²) in [4.78, 5) is 13.4. The summed E-state index contributed by atoms with van der Waals surface area (Å²) < 4.78 is 2.36. The molecule has 2 heterocycles. The number of fused-ring (bicyclic) bond motifs is 1. The molecule has 18 heavy (non-hydrogen) atoms. The lowest BCUT2D eigenvalue weighted by Crippen LogP contribution is -2.12. The second kappa shape index (κ2) is 6.31. The SMILES string of the molecule is CCCCC(CC)C(=O)c1cc2csc(Br)c2s1. The first-order valence-corrected chi connectivity index (χ1v) is 8.87. The quantitative estimate of drug-likeness (QED) is 0.576. The third-order valence-electron chi connectivity index (χ3n) is 3.24. The van der Waals surface area contributed by atoms with Gasteiger partial charge in [-0.3, -0.25) is 4.79 Å². The van der Waals surface area contributed by atoms with E-state index in [2.05, 4.69) is 41.2 Å². The number of Topliss-reactive ketones (excluding diaryl/α,β-unsaturated/α-hetero) is 1. The van der Waals surface area contributed by atoms with Gasteiger partial charge in [0.2, 0.25) is 0 Å². The van der Waals surface area contributed by atoms with Crippen LogP contribution < -0.4 is 0 Å². The van der Waals surface area contributed by atoms with Gasteiger partial charge in [0.1, 0.15) is 0 Å². The zero-order valence-corrected chi connectivity index (χ0v) is 13.9.